The van der Waals surface area contributed by atoms with E-state index >= 15 is 0 Å². The fourth-order valence-corrected chi connectivity index (χ4v) is 5.49. The van der Waals surface area contributed by atoms with Gasteiger partial charge in [-0.15, -0.1) is 0 Å². The third-order valence-electron chi connectivity index (χ3n) is 6.14. The lowest BCUT2D eigenvalue weighted by molar-refractivity contribution is 0.305. The van der Waals surface area contributed by atoms with Crippen LogP contribution in [0.5, 0.6) is 0 Å². The maximum absolute atomic E-state index is 13.0. The molecule has 0 unspecified atom stereocenters. The minimum atomic E-state index is -3.71. The van der Waals surface area contributed by atoms with Crippen LogP contribution in [-0.4, -0.2) is 29.2 Å². The van der Waals surface area contributed by atoms with Crippen molar-refractivity contribution in [3.63, 3.8) is 0 Å². The summed E-state index contributed by atoms with van der Waals surface area (Å²) in [4.78, 5) is 4.12. The van der Waals surface area contributed by atoms with Crippen LogP contribution in [0.4, 0.5) is 5.69 Å². The number of aromatic nitrogens is 3. The predicted molar refractivity (Wildman–Crippen MR) is 126 cm³/mol. The number of hydrogen-bond donors (Lipinski definition) is 2. The van der Waals surface area contributed by atoms with Gasteiger partial charge in [-0.3, -0.25) is 4.72 Å². The summed E-state index contributed by atoms with van der Waals surface area (Å²) in [5, 5.41) is 7.65. The van der Waals surface area contributed by atoms with Crippen LogP contribution in [0, 0.1) is 5.92 Å². The van der Waals surface area contributed by atoms with Crippen LogP contribution in [0.15, 0.2) is 66.1 Å². The molecule has 1 atom stereocenters. The Hall–Kier alpha value is -2.71. The first-order chi connectivity index (χ1) is 15.5. The number of sulfonamides is 1. The molecule has 1 fully saturated rings. The number of nitrogens with one attached hydrogen (secondary N) is 2. The highest BCUT2D eigenvalue weighted by molar-refractivity contribution is 7.92. The van der Waals surface area contributed by atoms with Crippen LogP contribution >= 0.6 is 0 Å². The maximum atomic E-state index is 13.0. The van der Waals surface area contributed by atoms with Crippen molar-refractivity contribution in [1.82, 2.24) is 20.1 Å². The topological polar surface area (TPSA) is 88.9 Å². The Labute approximate surface area is 190 Å². The molecule has 0 bridgehead atoms. The van der Waals surface area contributed by atoms with Gasteiger partial charge in [0.2, 0.25) is 0 Å². The highest BCUT2D eigenvalue weighted by Crippen LogP contribution is 2.27. The minimum absolute atomic E-state index is 0.204. The normalized spacial score (nSPS) is 16.0. The van der Waals surface area contributed by atoms with Crippen molar-refractivity contribution in [2.45, 2.75) is 62.9 Å². The van der Waals surface area contributed by atoms with Gasteiger partial charge in [-0.05, 0) is 55.2 Å². The first-order valence-corrected chi connectivity index (χ1v) is 12.8. The van der Waals surface area contributed by atoms with Crippen molar-refractivity contribution in [1.29, 1.82) is 0 Å². The monoisotopic (exact) mass is 453 g/mol. The van der Waals surface area contributed by atoms with Crippen molar-refractivity contribution in [3.8, 4) is 5.69 Å². The average Bonchev–Trinajstić information content (AvgIpc) is 3.34. The van der Waals surface area contributed by atoms with Gasteiger partial charge in [-0.25, -0.2) is 18.1 Å². The Kier molecular flexibility index (Phi) is 7.22. The summed E-state index contributed by atoms with van der Waals surface area (Å²) in [6, 6.07) is 14.5. The van der Waals surface area contributed by atoms with Crippen molar-refractivity contribution >= 4 is 15.7 Å². The summed E-state index contributed by atoms with van der Waals surface area (Å²) >= 11 is 0. The second-order valence-corrected chi connectivity index (χ2v) is 10.3. The molecule has 0 saturated heterocycles. The lowest BCUT2D eigenvalue weighted by Gasteiger charge is -2.25. The zero-order chi connectivity index (χ0) is 22.4. The number of rotatable bonds is 9. The van der Waals surface area contributed by atoms with E-state index in [9.17, 15) is 8.42 Å². The Morgan fingerprint density at radius 1 is 1.06 bits per heavy atom. The molecule has 1 aliphatic rings. The Bertz CT molecular complexity index is 1090. The summed E-state index contributed by atoms with van der Waals surface area (Å²) in [5.41, 5.74) is 2.29. The molecular formula is C24H31N5O2S. The van der Waals surface area contributed by atoms with E-state index in [-0.39, 0.29) is 4.90 Å². The van der Waals surface area contributed by atoms with E-state index < -0.39 is 10.0 Å². The number of anilines is 1. The molecule has 0 radical (unpaired) electrons. The van der Waals surface area contributed by atoms with Gasteiger partial charge in [-0.1, -0.05) is 50.3 Å². The molecule has 1 saturated carbocycles. The van der Waals surface area contributed by atoms with Crippen LogP contribution in [0.2, 0.25) is 0 Å². The van der Waals surface area contributed by atoms with E-state index in [4.69, 9.17) is 0 Å². The molecule has 0 amide bonds. The van der Waals surface area contributed by atoms with Gasteiger partial charge in [0.1, 0.15) is 12.7 Å². The second kappa shape index (κ2) is 10.3. The number of hydrogen-bond acceptors (Lipinski definition) is 5. The summed E-state index contributed by atoms with van der Waals surface area (Å²) in [6.45, 7) is 2.84. The lowest BCUT2D eigenvalue weighted by atomic mass is 9.85. The van der Waals surface area contributed by atoms with Gasteiger partial charge in [0.15, 0.2) is 0 Å². The van der Waals surface area contributed by atoms with Crippen LogP contribution in [0.3, 0.4) is 0 Å². The Morgan fingerprint density at radius 3 is 2.53 bits per heavy atom. The molecule has 1 heterocycles. The number of benzene rings is 2. The molecule has 0 aliphatic heterocycles. The molecule has 32 heavy (non-hydrogen) atoms. The van der Waals surface area contributed by atoms with Crippen LogP contribution in [0.1, 0.15) is 51.0 Å². The van der Waals surface area contributed by atoms with E-state index in [2.05, 4.69) is 27.0 Å². The molecule has 0 spiro atoms. The van der Waals surface area contributed by atoms with Gasteiger partial charge in [0.25, 0.3) is 10.0 Å². The molecule has 1 aliphatic carbocycles. The highest BCUT2D eigenvalue weighted by Gasteiger charge is 2.18. The van der Waals surface area contributed by atoms with E-state index in [1.165, 1.54) is 44.9 Å². The highest BCUT2D eigenvalue weighted by atomic mass is 32.2. The summed E-state index contributed by atoms with van der Waals surface area (Å²) in [5.74, 6) is 0.806. The van der Waals surface area contributed by atoms with Gasteiger partial charge < -0.3 is 5.32 Å². The Balaban J connectivity index is 1.40. The zero-order valence-corrected chi connectivity index (χ0v) is 19.3. The van der Waals surface area contributed by atoms with Gasteiger partial charge in [0, 0.05) is 12.6 Å². The third-order valence-corrected chi connectivity index (χ3v) is 7.53. The van der Waals surface area contributed by atoms with E-state index in [0.29, 0.717) is 18.3 Å². The molecule has 4 rings (SSSR count). The summed E-state index contributed by atoms with van der Waals surface area (Å²) in [6.07, 6.45) is 10.9. The smallest absolute Gasteiger partial charge is 0.261 e. The summed E-state index contributed by atoms with van der Waals surface area (Å²) < 4.78 is 30.3. The predicted octanol–water partition coefficient (Wildman–Crippen LogP) is 4.52. The molecule has 2 N–H and O–H groups in total. The fourth-order valence-electron chi connectivity index (χ4n) is 4.39. The molecule has 3 aromatic rings. The lowest BCUT2D eigenvalue weighted by Crippen LogP contribution is -2.29. The third kappa shape index (κ3) is 5.75. The fraction of sp³-hybridized carbons (Fsp3) is 0.417. The number of nitrogens with zero attached hydrogens (tertiary/aromatic N) is 3. The SMILES string of the molecule is C[C@@H](CC1CCCCC1)NCc1ccccc1NS(=O)(=O)c1ccc(-n2cncn2)cc1. The first kappa shape index (κ1) is 22.5. The quantitative estimate of drug-likeness (QED) is 0.497. The van der Waals surface area contributed by atoms with Crippen molar-refractivity contribution in [3.05, 3.63) is 66.7 Å². The van der Waals surface area contributed by atoms with E-state index in [1.807, 2.05) is 24.3 Å². The van der Waals surface area contributed by atoms with E-state index in [1.54, 1.807) is 35.3 Å². The molecular weight excluding hydrogens is 422 g/mol. The van der Waals surface area contributed by atoms with Gasteiger partial charge >= 0.3 is 0 Å². The first-order valence-electron chi connectivity index (χ1n) is 11.3. The van der Waals surface area contributed by atoms with Crippen molar-refractivity contribution in [2.75, 3.05) is 4.72 Å². The molecule has 170 valence electrons. The number of para-hydroxylation sites is 1. The van der Waals surface area contributed by atoms with Crippen LogP contribution in [-0.2, 0) is 16.6 Å². The standard InChI is InChI=1S/C24H31N5O2S/c1-19(15-20-7-3-2-4-8-20)26-16-21-9-5-6-10-24(21)28-32(30,31)23-13-11-22(12-14-23)29-18-25-17-27-29/h5-6,9-14,17-20,26,28H,2-4,7-8,15-16H2,1H3/t19-/m0/s1. The second-order valence-electron chi connectivity index (χ2n) is 8.62. The van der Waals surface area contributed by atoms with Crippen molar-refractivity contribution < 1.29 is 8.42 Å². The molecule has 7 nitrogen and oxygen atoms in total. The largest absolute Gasteiger partial charge is 0.310 e. The average molecular weight is 454 g/mol. The van der Waals surface area contributed by atoms with Gasteiger partial charge in [0.05, 0.1) is 16.3 Å². The van der Waals surface area contributed by atoms with Crippen LogP contribution < -0.4 is 10.0 Å². The Morgan fingerprint density at radius 2 is 1.81 bits per heavy atom. The minimum Gasteiger partial charge on any atom is -0.310 e. The summed E-state index contributed by atoms with van der Waals surface area (Å²) in [7, 11) is -3.71. The molecule has 8 heteroatoms. The van der Waals surface area contributed by atoms with E-state index in [0.717, 1.165) is 17.2 Å². The zero-order valence-electron chi connectivity index (χ0n) is 18.4. The van der Waals surface area contributed by atoms with Gasteiger partial charge in [-0.2, -0.15) is 5.10 Å². The van der Waals surface area contributed by atoms with Crippen molar-refractivity contribution in [2.24, 2.45) is 5.92 Å². The molecule has 1 aromatic heterocycles. The molecule has 2 aromatic carbocycles. The maximum Gasteiger partial charge on any atom is 0.261 e. The van der Waals surface area contributed by atoms with Crippen LogP contribution in [0.25, 0.3) is 5.69 Å².